The molecule has 11 rings (SSSR count). The van der Waals surface area contributed by atoms with Crippen LogP contribution in [0.25, 0.3) is 103 Å². The Morgan fingerprint density at radius 1 is 0.404 bits per heavy atom. The van der Waals surface area contributed by atoms with Crippen molar-refractivity contribution in [2.24, 2.45) is 0 Å². The van der Waals surface area contributed by atoms with Crippen molar-refractivity contribution in [3.05, 3.63) is 176 Å². The Balaban J connectivity index is 1.17. The van der Waals surface area contributed by atoms with Crippen LogP contribution < -0.4 is 0 Å². The van der Waals surface area contributed by atoms with E-state index in [9.17, 15) is 0 Å². The molecule has 0 fully saturated rings. The van der Waals surface area contributed by atoms with E-state index in [1.165, 1.54) is 52.8 Å². The lowest BCUT2D eigenvalue weighted by Gasteiger charge is -2.16. The molecule has 4 heteroatoms. The van der Waals surface area contributed by atoms with E-state index < -0.39 is 0 Å². The molecule has 0 amide bonds. The average Bonchev–Trinajstić information content (AvgIpc) is 3.75. The molecule has 0 atom stereocenters. The molecule has 0 aliphatic heterocycles. The molecule has 0 radical (unpaired) electrons. The number of para-hydroxylation sites is 1. The Labute approximate surface area is 303 Å². The van der Waals surface area contributed by atoms with E-state index in [2.05, 4.69) is 174 Å². The summed E-state index contributed by atoms with van der Waals surface area (Å²) in [5, 5.41) is 9.77. The first-order chi connectivity index (χ1) is 25.8. The number of fused-ring (bicyclic) bond motifs is 8. The minimum absolute atomic E-state index is 0.713. The zero-order chi connectivity index (χ0) is 34.2. The van der Waals surface area contributed by atoms with Crippen LogP contribution in [0.5, 0.6) is 0 Å². The predicted molar refractivity (Wildman–Crippen MR) is 221 cm³/mol. The van der Waals surface area contributed by atoms with E-state index in [1.807, 2.05) is 17.4 Å². The Morgan fingerprint density at radius 2 is 1.08 bits per heavy atom. The first kappa shape index (κ1) is 29.1. The maximum absolute atomic E-state index is 5.39. The van der Waals surface area contributed by atoms with Crippen LogP contribution in [0.4, 0.5) is 0 Å². The van der Waals surface area contributed by atoms with Gasteiger partial charge in [0.15, 0.2) is 5.82 Å². The predicted octanol–water partition coefficient (Wildman–Crippen LogP) is 13.2. The normalized spacial score (nSPS) is 11.8. The highest BCUT2D eigenvalue weighted by Crippen LogP contribution is 2.42. The maximum atomic E-state index is 5.39. The first-order valence-electron chi connectivity index (χ1n) is 17.6. The molecule has 8 aromatic carbocycles. The quantitative estimate of drug-likeness (QED) is 0.185. The number of hydrogen-bond acceptors (Lipinski definition) is 3. The van der Waals surface area contributed by atoms with Gasteiger partial charge in [0.2, 0.25) is 0 Å². The van der Waals surface area contributed by atoms with Gasteiger partial charge in [-0.05, 0) is 58.6 Å². The Morgan fingerprint density at radius 3 is 1.94 bits per heavy atom. The standard InChI is InChI=1S/C48H29N3S/c1-2-13-30(14-3-1)41-29-42(39-22-12-21-37-36-20-9-11-24-46(36)52-47(37)39)50-48(49-41)38-25-26-44(34-18-7-6-17-33(34)38)51-43-23-10-8-19-35(43)40-27-31-15-4-5-16-32(31)28-45(40)51/h1-29H. The zero-order valence-electron chi connectivity index (χ0n) is 28.0. The summed E-state index contributed by atoms with van der Waals surface area (Å²) in [6.07, 6.45) is 0. The molecule has 242 valence electrons. The summed E-state index contributed by atoms with van der Waals surface area (Å²) in [7, 11) is 0. The van der Waals surface area contributed by atoms with Crippen molar-refractivity contribution in [3.63, 3.8) is 0 Å². The fourth-order valence-electron chi connectivity index (χ4n) is 8.00. The highest BCUT2D eigenvalue weighted by molar-refractivity contribution is 7.26. The minimum Gasteiger partial charge on any atom is -0.309 e. The Hall–Kier alpha value is -6.62. The molecule has 0 bridgehead atoms. The van der Waals surface area contributed by atoms with Crippen LogP contribution in [-0.4, -0.2) is 14.5 Å². The summed E-state index contributed by atoms with van der Waals surface area (Å²) in [4.78, 5) is 10.7. The molecular weight excluding hydrogens is 651 g/mol. The molecule has 0 spiro atoms. The number of benzene rings is 8. The summed E-state index contributed by atoms with van der Waals surface area (Å²) < 4.78 is 4.95. The summed E-state index contributed by atoms with van der Waals surface area (Å²) in [6, 6.07) is 63.0. The molecule has 3 heterocycles. The molecule has 11 aromatic rings. The van der Waals surface area contributed by atoms with E-state index in [4.69, 9.17) is 9.97 Å². The van der Waals surface area contributed by atoms with Gasteiger partial charge in [0, 0.05) is 53.0 Å². The van der Waals surface area contributed by atoms with E-state index in [0.29, 0.717) is 5.82 Å². The molecular formula is C48H29N3S. The van der Waals surface area contributed by atoms with Crippen molar-refractivity contribution in [1.29, 1.82) is 0 Å². The molecule has 0 N–H and O–H groups in total. The van der Waals surface area contributed by atoms with Crippen LogP contribution >= 0.6 is 11.3 Å². The average molecular weight is 680 g/mol. The van der Waals surface area contributed by atoms with Gasteiger partial charge in [-0.1, -0.05) is 133 Å². The summed E-state index contributed by atoms with van der Waals surface area (Å²) >= 11 is 1.83. The number of hydrogen-bond donors (Lipinski definition) is 0. The van der Waals surface area contributed by atoms with Crippen LogP contribution in [-0.2, 0) is 0 Å². The fraction of sp³-hybridized carbons (Fsp3) is 0. The largest absolute Gasteiger partial charge is 0.309 e. The zero-order valence-corrected chi connectivity index (χ0v) is 28.8. The Bertz CT molecular complexity index is 3190. The molecule has 0 saturated carbocycles. The molecule has 52 heavy (non-hydrogen) atoms. The van der Waals surface area contributed by atoms with Crippen LogP contribution in [0.3, 0.4) is 0 Å². The topological polar surface area (TPSA) is 30.7 Å². The van der Waals surface area contributed by atoms with E-state index >= 15 is 0 Å². The number of aromatic nitrogens is 3. The SMILES string of the molecule is c1ccc(-c2cc(-c3cccc4c3sc3ccccc34)nc(-c3ccc(-n4c5ccccc5c5cc6ccccc6cc54)c4ccccc34)n2)cc1. The summed E-state index contributed by atoms with van der Waals surface area (Å²) in [6.45, 7) is 0. The number of rotatable bonds is 4. The lowest BCUT2D eigenvalue weighted by Crippen LogP contribution is -1.99. The van der Waals surface area contributed by atoms with E-state index in [0.717, 1.165) is 44.5 Å². The van der Waals surface area contributed by atoms with Gasteiger partial charge in [-0.2, -0.15) is 0 Å². The van der Waals surface area contributed by atoms with Crippen molar-refractivity contribution in [2.45, 2.75) is 0 Å². The van der Waals surface area contributed by atoms with Crippen LogP contribution in [0.1, 0.15) is 0 Å². The third-order valence-electron chi connectivity index (χ3n) is 10.4. The third-order valence-corrected chi connectivity index (χ3v) is 11.6. The van der Waals surface area contributed by atoms with Gasteiger partial charge in [-0.15, -0.1) is 11.3 Å². The molecule has 0 aliphatic carbocycles. The number of thiophene rings is 1. The highest BCUT2D eigenvalue weighted by Gasteiger charge is 2.19. The van der Waals surface area contributed by atoms with Crippen LogP contribution in [0, 0.1) is 0 Å². The van der Waals surface area contributed by atoms with Crippen molar-refractivity contribution < 1.29 is 0 Å². The molecule has 0 unspecified atom stereocenters. The lowest BCUT2D eigenvalue weighted by molar-refractivity contribution is 1.18. The molecule has 3 aromatic heterocycles. The van der Waals surface area contributed by atoms with Gasteiger partial charge in [-0.3, -0.25) is 0 Å². The van der Waals surface area contributed by atoms with Gasteiger partial charge in [0.25, 0.3) is 0 Å². The third kappa shape index (κ3) is 4.45. The minimum atomic E-state index is 0.713. The molecule has 0 aliphatic rings. The van der Waals surface area contributed by atoms with Gasteiger partial charge < -0.3 is 4.57 Å². The van der Waals surface area contributed by atoms with Gasteiger partial charge in [0.05, 0.1) is 28.1 Å². The summed E-state index contributed by atoms with van der Waals surface area (Å²) in [5.41, 5.74) is 8.53. The van der Waals surface area contributed by atoms with E-state index in [1.54, 1.807) is 0 Å². The van der Waals surface area contributed by atoms with Gasteiger partial charge in [-0.25, -0.2) is 9.97 Å². The van der Waals surface area contributed by atoms with Crippen molar-refractivity contribution in [1.82, 2.24) is 14.5 Å². The first-order valence-corrected chi connectivity index (χ1v) is 18.4. The lowest BCUT2D eigenvalue weighted by atomic mass is 10.0. The van der Waals surface area contributed by atoms with E-state index in [-0.39, 0.29) is 0 Å². The number of nitrogens with zero attached hydrogens (tertiary/aromatic N) is 3. The van der Waals surface area contributed by atoms with Crippen molar-refractivity contribution >= 4 is 74.9 Å². The monoisotopic (exact) mass is 679 g/mol. The Kier molecular flexibility index (Phi) is 6.42. The maximum Gasteiger partial charge on any atom is 0.161 e. The summed E-state index contributed by atoms with van der Waals surface area (Å²) in [5.74, 6) is 0.713. The fourth-order valence-corrected chi connectivity index (χ4v) is 9.22. The second kappa shape index (κ2) is 11.5. The smallest absolute Gasteiger partial charge is 0.161 e. The van der Waals surface area contributed by atoms with Crippen LogP contribution in [0.2, 0.25) is 0 Å². The highest BCUT2D eigenvalue weighted by atomic mass is 32.1. The molecule has 3 nitrogen and oxygen atoms in total. The van der Waals surface area contributed by atoms with Gasteiger partial charge in [0.1, 0.15) is 0 Å². The second-order valence-electron chi connectivity index (χ2n) is 13.4. The van der Waals surface area contributed by atoms with Gasteiger partial charge >= 0.3 is 0 Å². The van der Waals surface area contributed by atoms with Crippen LogP contribution in [0.15, 0.2) is 176 Å². The van der Waals surface area contributed by atoms with Crippen molar-refractivity contribution in [2.75, 3.05) is 0 Å². The molecule has 0 saturated heterocycles. The van der Waals surface area contributed by atoms with Crippen molar-refractivity contribution in [3.8, 4) is 39.6 Å². The second-order valence-corrected chi connectivity index (χ2v) is 14.4.